The van der Waals surface area contributed by atoms with Gasteiger partial charge in [-0.15, -0.1) is 0 Å². The van der Waals surface area contributed by atoms with Gasteiger partial charge in [0.1, 0.15) is 0 Å². The SMILES string of the molecule is CC(=O)Nc1ccccc1C(=NN)c1ccccc1.[N]. The van der Waals surface area contributed by atoms with Crippen LogP contribution in [0.4, 0.5) is 5.69 Å². The first kappa shape index (κ1) is 15.4. The summed E-state index contributed by atoms with van der Waals surface area (Å²) < 4.78 is 0. The molecule has 0 heterocycles. The van der Waals surface area contributed by atoms with Crippen molar-refractivity contribution < 1.29 is 4.79 Å². The summed E-state index contributed by atoms with van der Waals surface area (Å²) in [4.78, 5) is 11.2. The fourth-order valence-electron chi connectivity index (χ4n) is 1.88. The first-order chi connectivity index (χ1) is 9.22. The minimum absolute atomic E-state index is 0. The lowest BCUT2D eigenvalue weighted by molar-refractivity contribution is -0.114. The third-order valence-corrected chi connectivity index (χ3v) is 2.67. The molecule has 0 unspecified atom stereocenters. The van der Waals surface area contributed by atoms with E-state index in [2.05, 4.69) is 10.4 Å². The lowest BCUT2D eigenvalue weighted by Crippen LogP contribution is -2.13. The monoisotopic (exact) mass is 267 g/mol. The number of para-hydroxylation sites is 1. The first-order valence-electron chi connectivity index (χ1n) is 5.92. The maximum absolute atomic E-state index is 11.2. The number of benzene rings is 2. The molecule has 2 rings (SSSR count). The van der Waals surface area contributed by atoms with Gasteiger partial charge in [-0.3, -0.25) is 4.79 Å². The van der Waals surface area contributed by atoms with Crippen LogP contribution in [0, 0.1) is 0 Å². The number of amides is 1. The molecule has 0 spiro atoms. The van der Waals surface area contributed by atoms with E-state index in [0.29, 0.717) is 11.4 Å². The van der Waals surface area contributed by atoms with E-state index in [4.69, 9.17) is 5.84 Å². The van der Waals surface area contributed by atoms with Gasteiger partial charge in [-0.05, 0) is 6.07 Å². The van der Waals surface area contributed by atoms with Crippen molar-refractivity contribution in [3.8, 4) is 0 Å². The van der Waals surface area contributed by atoms with Crippen molar-refractivity contribution in [1.29, 1.82) is 0 Å². The van der Waals surface area contributed by atoms with E-state index in [1.54, 1.807) is 0 Å². The molecular weight excluding hydrogens is 252 g/mol. The maximum Gasteiger partial charge on any atom is 0.221 e. The van der Waals surface area contributed by atoms with Crippen LogP contribution < -0.4 is 17.3 Å². The van der Waals surface area contributed by atoms with Crippen molar-refractivity contribution in [2.45, 2.75) is 6.92 Å². The molecule has 3 radical (unpaired) electrons. The number of hydrogen-bond acceptors (Lipinski definition) is 3. The molecule has 0 aliphatic heterocycles. The standard InChI is InChI=1S/C15H15N3O.N/c1-11(19)17-14-10-6-5-9-13(14)15(18-16)12-7-3-2-4-8-12;/h2-10H,16H2,1H3,(H,17,19);. The highest BCUT2D eigenvalue weighted by Gasteiger charge is 2.11. The minimum Gasteiger partial charge on any atom is -0.326 e. The summed E-state index contributed by atoms with van der Waals surface area (Å²) in [5.41, 5.74) is 3.04. The van der Waals surface area contributed by atoms with Crippen LogP contribution in [0.3, 0.4) is 0 Å². The summed E-state index contributed by atoms with van der Waals surface area (Å²) >= 11 is 0. The second-order valence-corrected chi connectivity index (χ2v) is 4.07. The Morgan fingerprint density at radius 2 is 1.65 bits per heavy atom. The smallest absolute Gasteiger partial charge is 0.221 e. The van der Waals surface area contributed by atoms with Crippen LogP contribution in [0.5, 0.6) is 0 Å². The van der Waals surface area contributed by atoms with E-state index in [1.165, 1.54) is 6.92 Å². The Morgan fingerprint density at radius 3 is 2.25 bits per heavy atom. The second-order valence-electron chi connectivity index (χ2n) is 4.07. The predicted molar refractivity (Wildman–Crippen MR) is 79.1 cm³/mol. The Balaban J connectivity index is 0.00000200. The molecule has 101 valence electrons. The molecule has 0 saturated carbocycles. The van der Waals surface area contributed by atoms with Crippen LogP contribution in [0.25, 0.3) is 0 Å². The molecule has 0 atom stereocenters. The van der Waals surface area contributed by atoms with Gasteiger partial charge in [-0.25, -0.2) is 0 Å². The highest BCUT2D eigenvalue weighted by molar-refractivity contribution is 6.16. The lowest BCUT2D eigenvalue weighted by atomic mass is 10.0. The fraction of sp³-hybridized carbons (Fsp3) is 0.0667. The van der Waals surface area contributed by atoms with E-state index in [0.717, 1.165) is 11.1 Å². The van der Waals surface area contributed by atoms with Crippen molar-refractivity contribution in [2.75, 3.05) is 5.32 Å². The highest BCUT2D eigenvalue weighted by atomic mass is 16.1. The van der Waals surface area contributed by atoms with Gasteiger partial charge >= 0.3 is 0 Å². The van der Waals surface area contributed by atoms with Crippen LogP contribution in [-0.4, -0.2) is 11.6 Å². The zero-order valence-electron chi connectivity index (χ0n) is 11.1. The van der Waals surface area contributed by atoms with Crippen LogP contribution in [0.1, 0.15) is 18.1 Å². The number of carbonyl (C=O) groups excluding carboxylic acids is 1. The van der Waals surface area contributed by atoms with Gasteiger partial charge in [0.05, 0.1) is 11.4 Å². The molecule has 0 bridgehead atoms. The molecule has 1 amide bonds. The predicted octanol–water partition coefficient (Wildman–Crippen LogP) is 1.88. The molecule has 2 aromatic carbocycles. The normalized spacial score (nSPS) is 10.6. The zero-order valence-corrected chi connectivity index (χ0v) is 11.1. The van der Waals surface area contributed by atoms with Gasteiger partial charge in [0.2, 0.25) is 5.91 Å². The Kier molecular flexibility index (Phi) is 5.43. The molecule has 0 aliphatic rings. The van der Waals surface area contributed by atoms with Crippen LogP contribution >= 0.6 is 0 Å². The average Bonchev–Trinajstić information content (AvgIpc) is 2.42. The molecule has 0 aromatic heterocycles. The largest absolute Gasteiger partial charge is 0.326 e. The third-order valence-electron chi connectivity index (χ3n) is 2.67. The van der Waals surface area contributed by atoms with Crippen LogP contribution in [0.2, 0.25) is 0 Å². The van der Waals surface area contributed by atoms with E-state index in [9.17, 15) is 4.79 Å². The molecule has 0 aliphatic carbocycles. The summed E-state index contributed by atoms with van der Waals surface area (Å²) in [7, 11) is 0. The Hall–Kier alpha value is -2.66. The van der Waals surface area contributed by atoms with E-state index < -0.39 is 0 Å². The van der Waals surface area contributed by atoms with Gasteiger partial charge in [0.15, 0.2) is 0 Å². The quantitative estimate of drug-likeness (QED) is 0.504. The Labute approximate surface area is 118 Å². The summed E-state index contributed by atoms with van der Waals surface area (Å²) in [5, 5.41) is 6.64. The number of hydrazone groups is 1. The number of rotatable bonds is 3. The van der Waals surface area contributed by atoms with Gasteiger partial charge < -0.3 is 11.2 Å². The van der Waals surface area contributed by atoms with Gasteiger partial charge in [-0.1, -0.05) is 48.5 Å². The zero-order chi connectivity index (χ0) is 13.7. The molecule has 20 heavy (non-hydrogen) atoms. The van der Waals surface area contributed by atoms with Gasteiger partial charge in [-0.2, -0.15) is 5.10 Å². The molecule has 5 nitrogen and oxygen atoms in total. The Morgan fingerprint density at radius 1 is 1.05 bits per heavy atom. The topological polar surface area (TPSA) is 98.0 Å². The molecule has 3 N–H and O–H groups in total. The second kappa shape index (κ2) is 7.06. The summed E-state index contributed by atoms with van der Waals surface area (Å²) in [6.45, 7) is 1.47. The van der Waals surface area contributed by atoms with Gasteiger partial charge in [0.25, 0.3) is 0 Å². The number of nitrogens with one attached hydrogen (secondary N) is 1. The van der Waals surface area contributed by atoms with E-state index in [1.807, 2.05) is 54.6 Å². The number of hydrogen-bond donors (Lipinski definition) is 2. The number of carbonyl (C=O) groups is 1. The van der Waals surface area contributed by atoms with Crippen molar-refractivity contribution in [3.63, 3.8) is 0 Å². The van der Waals surface area contributed by atoms with Crippen molar-refractivity contribution in [2.24, 2.45) is 10.9 Å². The average molecular weight is 267 g/mol. The molecular formula is C15H15N4O. The third kappa shape index (κ3) is 3.43. The lowest BCUT2D eigenvalue weighted by Gasteiger charge is -2.11. The van der Waals surface area contributed by atoms with Gasteiger partial charge in [0, 0.05) is 24.2 Å². The molecule has 0 fully saturated rings. The van der Waals surface area contributed by atoms with Crippen molar-refractivity contribution in [3.05, 3.63) is 65.7 Å². The van der Waals surface area contributed by atoms with E-state index in [-0.39, 0.29) is 12.1 Å². The molecule has 2 aromatic rings. The van der Waals surface area contributed by atoms with Crippen LogP contribution in [0.15, 0.2) is 59.7 Å². The Bertz CT molecular complexity index is 608. The molecule has 0 saturated heterocycles. The summed E-state index contributed by atoms with van der Waals surface area (Å²) in [6, 6.07) is 17.1. The maximum atomic E-state index is 11.2. The number of anilines is 1. The molecule has 5 heteroatoms. The summed E-state index contributed by atoms with van der Waals surface area (Å²) in [5.74, 6) is 5.38. The fourth-order valence-corrected chi connectivity index (χ4v) is 1.88. The van der Waals surface area contributed by atoms with E-state index >= 15 is 0 Å². The van der Waals surface area contributed by atoms with Crippen molar-refractivity contribution in [1.82, 2.24) is 6.15 Å². The summed E-state index contributed by atoms with van der Waals surface area (Å²) in [6.07, 6.45) is 0. The minimum atomic E-state index is -0.128. The highest BCUT2D eigenvalue weighted by Crippen LogP contribution is 2.19. The first-order valence-corrected chi connectivity index (χ1v) is 5.92. The number of nitrogens with zero attached hydrogens (tertiary/aromatic N) is 2. The van der Waals surface area contributed by atoms with Crippen molar-refractivity contribution >= 4 is 17.3 Å². The van der Waals surface area contributed by atoms with Crippen LogP contribution in [-0.2, 0) is 4.79 Å². The number of nitrogens with two attached hydrogens (primary N) is 1.